The van der Waals surface area contributed by atoms with E-state index in [1.165, 1.54) is 12.1 Å². The summed E-state index contributed by atoms with van der Waals surface area (Å²) in [6, 6.07) is 13.3. The van der Waals surface area contributed by atoms with Gasteiger partial charge in [-0.05, 0) is 48.5 Å². The first kappa shape index (κ1) is 17.6. The number of anilines is 1. The topological polar surface area (TPSA) is 59.6 Å². The van der Waals surface area contributed by atoms with Gasteiger partial charge in [-0.15, -0.1) is 0 Å². The van der Waals surface area contributed by atoms with Crippen molar-refractivity contribution in [1.29, 1.82) is 0 Å². The Balaban J connectivity index is 1.56. The Labute approximate surface area is 140 Å². The zero-order valence-electron chi connectivity index (χ0n) is 13.5. The summed E-state index contributed by atoms with van der Waals surface area (Å²) in [5, 5.41) is 5.84. The third-order valence-electron chi connectivity index (χ3n) is 3.28. The SMILES string of the molecule is COc1ccc(OCCNC(=O)CCNc2ccc(F)cc2)cc1. The van der Waals surface area contributed by atoms with Crippen LogP contribution < -0.4 is 20.1 Å². The van der Waals surface area contributed by atoms with Crippen molar-refractivity contribution in [2.75, 3.05) is 32.1 Å². The fourth-order valence-electron chi connectivity index (χ4n) is 2.01. The highest BCUT2D eigenvalue weighted by molar-refractivity contribution is 5.76. The van der Waals surface area contributed by atoms with Gasteiger partial charge in [-0.3, -0.25) is 4.79 Å². The fraction of sp³-hybridized carbons (Fsp3) is 0.278. The molecule has 24 heavy (non-hydrogen) atoms. The second kappa shape index (κ2) is 9.39. The summed E-state index contributed by atoms with van der Waals surface area (Å²) >= 11 is 0. The van der Waals surface area contributed by atoms with Gasteiger partial charge in [0.25, 0.3) is 0 Å². The molecule has 0 aromatic heterocycles. The number of benzene rings is 2. The monoisotopic (exact) mass is 332 g/mol. The summed E-state index contributed by atoms with van der Waals surface area (Å²) in [6.45, 7) is 1.31. The van der Waals surface area contributed by atoms with Gasteiger partial charge in [0.2, 0.25) is 5.91 Å². The second-order valence-corrected chi connectivity index (χ2v) is 5.06. The number of ether oxygens (including phenoxy) is 2. The summed E-state index contributed by atoms with van der Waals surface area (Å²) < 4.78 is 23.3. The van der Waals surface area contributed by atoms with Crippen LogP contribution in [0.15, 0.2) is 48.5 Å². The maximum absolute atomic E-state index is 12.8. The molecule has 0 bridgehead atoms. The highest BCUT2D eigenvalue weighted by atomic mass is 19.1. The van der Waals surface area contributed by atoms with Gasteiger partial charge in [0.05, 0.1) is 13.7 Å². The molecule has 2 N–H and O–H groups in total. The summed E-state index contributed by atoms with van der Waals surface area (Å²) in [6.07, 6.45) is 0.333. The fourth-order valence-corrected chi connectivity index (χ4v) is 2.01. The first-order valence-corrected chi connectivity index (χ1v) is 7.70. The molecule has 0 saturated heterocycles. The number of rotatable bonds is 9. The molecule has 0 fully saturated rings. The Morgan fingerprint density at radius 2 is 1.67 bits per heavy atom. The third kappa shape index (κ3) is 6.16. The van der Waals surface area contributed by atoms with Crippen molar-refractivity contribution in [3.05, 3.63) is 54.3 Å². The number of nitrogens with one attached hydrogen (secondary N) is 2. The molecule has 1 amide bonds. The molecule has 0 aliphatic heterocycles. The van der Waals surface area contributed by atoms with Gasteiger partial charge in [0.1, 0.15) is 23.9 Å². The summed E-state index contributed by atoms with van der Waals surface area (Å²) in [4.78, 5) is 11.7. The van der Waals surface area contributed by atoms with E-state index < -0.39 is 0 Å². The van der Waals surface area contributed by atoms with Crippen LogP contribution in [0.25, 0.3) is 0 Å². The van der Waals surface area contributed by atoms with Crippen LogP contribution in [0.5, 0.6) is 11.5 Å². The molecule has 0 atom stereocenters. The zero-order valence-corrected chi connectivity index (χ0v) is 13.5. The molecule has 2 rings (SSSR count). The highest BCUT2D eigenvalue weighted by Gasteiger charge is 2.01. The maximum atomic E-state index is 12.8. The molecular formula is C18H21FN2O3. The first-order chi connectivity index (χ1) is 11.7. The average Bonchev–Trinajstić information content (AvgIpc) is 2.61. The van der Waals surface area contributed by atoms with Crippen LogP contribution in [0.1, 0.15) is 6.42 Å². The molecule has 2 aromatic rings. The normalized spacial score (nSPS) is 10.1. The van der Waals surface area contributed by atoms with Crippen molar-refractivity contribution in [3.63, 3.8) is 0 Å². The van der Waals surface area contributed by atoms with Gasteiger partial charge >= 0.3 is 0 Å². The quantitative estimate of drug-likeness (QED) is 0.693. The molecule has 2 aromatic carbocycles. The lowest BCUT2D eigenvalue weighted by atomic mass is 10.3. The highest BCUT2D eigenvalue weighted by Crippen LogP contribution is 2.16. The minimum Gasteiger partial charge on any atom is -0.497 e. The van der Waals surface area contributed by atoms with E-state index in [1.54, 1.807) is 19.2 Å². The lowest BCUT2D eigenvalue weighted by molar-refractivity contribution is -0.120. The van der Waals surface area contributed by atoms with Crippen LogP contribution in [-0.4, -0.2) is 32.7 Å². The molecule has 0 unspecified atom stereocenters. The third-order valence-corrected chi connectivity index (χ3v) is 3.28. The average molecular weight is 332 g/mol. The van der Waals surface area contributed by atoms with Gasteiger partial charge in [0, 0.05) is 18.7 Å². The summed E-state index contributed by atoms with van der Waals surface area (Å²) in [5.74, 6) is 1.14. The predicted octanol–water partition coefficient (Wildman–Crippen LogP) is 2.83. The van der Waals surface area contributed by atoms with Crippen molar-refractivity contribution in [1.82, 2.24) is 5.32 Å². The van der Waals surface area contributed by atoms with Gasteiger partial charge in [-0.1, -0.05) is 0 Å². The molecule has 128 valence electrons. The molecule has 5 nitrogen and oxygen atoms in total. The molecule has 0 radical (unpaired) electrons. The smallest absolute Gasteiger partial charge is 0.221 e. The van der Waals surface area contributed by atoms with E-state index in [-0.39, 0.29) is 11.7 Å². The van der Waals surface area contributed by atoms with Gasteiger partial charge in [0.15, 0.2) is 0 Å². The largest absolute Gasteiger partial charge is 0.497 e. The van der Waals surface area contributed by atoms with Crippen LogP contribution in [0, 0.1) is 5.82 Å². The lowest BCUT2D eigenvalue weighted by Crippen LogP contribution is -2.29. The van der Waals surface area contributed by atoms with Crippen LogP contribution in [-0.2, 0) is 4.79 Å². The summed E-state index contributed by atoms with van der Waals surface area (Å²) in [7, 11) is 1.61. The molecule has 6 heteroatoms. The number of methoxy groups -OCH3 is 1. The maximum Gasteiger partial charge on any atom is 0.221 e. The van der Waals surface area contributed by atoms with Crippen LogP contribution in [0.2, 0.25) is 0 Å². The Morgan fingerprint density at radius 1 is 1.00 bits per heavy atom. The van der Waals surface area contributed by atoms with Crippen LogP contribution >= 0.6 is 0 Å². The van der Waals surface area contributed by atoms with Gasteiger partial charge < -0.3 is 20.1 Å². The number of halogens is 1. The van der Waals surface area contributed by atoms with Gasteiger partial charge in [-0.2, -0.15) is 0 Å². The minimum atomic E-state index is -0.282. The standard InChI is InChI=1S/C18H21FN2O3/c1-23-16-6-8-17(9-7-16)24-13-12-21-18(22)10-11-20-15-4-2-14(19)3-5-15/h2-9,20H,10-13H2,1H3,(H,21,22). The minimum absolute atomic E-state index is 0.0667. The Hall–Kier alpha value is -2.76. The van der Waals surface area contributed by atoms with Crippen molar-refractivity contribution in [3.8, 4) is 11.5 Å². The molecule has 0 aliphatic carbocycles. The Kier molecular flexibility index (Phi) is 6.89. The molecule has 0 saturated carbocycles. The van der Waals surface area contributed by atoms with Gasteiger partial charge in [-0.25, -0.2) is 4.39 Å². The lowest BCUT2D eigenvalue weighted by Gasteiger charge is -2.09. The summed E-state index contributed by atoms with van der Waals surface area (Å²) in [5.41, 5.74) is 0.784. The number of carbonyl (C=O) groups is 1. The van der Waals surface area contributed by atoms with E-state index in [2.05, 4.69) is 10.6 Å². The zero-order chi connectivity index (χ0) is 17.2. The van der Waals surface area contributed by atoms with Crippen LogP contribution in [0.4, 0.5) is 10.1 Å². The number of hydrogen-bond donors (Lipinski definition) is 2. The van der Waals surface area contributed by atoms with E-state index in [1.807, 2.05) is 24.3 Å². The van der Waals surface area contributed by atoms with Crippen LogP contribution in [0.3, 0.4) is 0 Å². The number of hydrogen-bond acceptors (Lipinski definition) is 4. The number of amides is 1. The molecule has 0 aliphatic rings. The van der Waals surface area contributed by atoms with Crippen molar-refractivity contribution >= 4 is 11.6 Å². The molecule has 0 heterocycles. The van der Waals surface area contributed by atoms with E-state index >= 15 is 0 Å². The molecule has 0 spiro atoms. The molecular weight excluding hydrogens is 311 g/mol. The van der Waals surface area contributed by atoms with E-state index in [0.717, 1.165) is 17.2 Å². The van der Waals surface area contributed by atoms with E-state index in [0.29, 0.717) is 26.1 Å². The first-order valence-electron chi connectivity index (χ1n) is 7.70. The predicted molar refractivity (Wildman–Crippen MR) is 91.0 cm³/mol. The Bertz CT molecular complexity index is 630. The second-order valence-electron chi connectivity index (χ2n) is 5.06. The number of carbonyl (C=O) groups excluding carboxylic acids is 1. The van der Waals surface area contributed by atoms with Crippen molar-refractivity contribution in [2.24, 2.45) is 0 Å². The van der Waals surface area contributed by atoms with Crippen molar-refractivity contribution in [2.45, 2.75) is 6.42 Å². The van der Waals surface area contributed by atoms with Crippen molar-refractivity contribution < 1.29 is 18.7 Å². The Morgan fingerprint density at radius 3 is 2.33 bits per heavy atom. The van der Waals surface area contributed by atoms with E-state index in [4.69, 9.17) is 9.47 Å². The van der Waals surface area contributed by atoms with E-state index in [9.17, 15) is 9.18 Å².